The number of benzene rings is 2. The smallest absolute Gasteiger partial charge is 0.142 e. The van der Waals surface area contributed by atoms with E-state index in [1.54, 1.807) is 24.3 Å². The Hall–Kier alpha value is -3.06. The zero-order valence-corrected chi connectivity index (χ0v) is 18.2. The predicted octanol–water partition coefficient (Wildman–Crippen LogP) is 3.32. The molecule has 3 aromatic rings. The summed E-state index contributed by atoms with van der Waals surface area (Å²) in [5, 5.41) is 8.31. The standard InChI is InChI=1S/C24H31N5O2/c1-30-24-10-3-2-9-23(24)28-16-14-27(15-17-28)13-4-5-18-31-22-8-6-7-21(19-22)20-29-25-11-12-26-29/h2-3,6-12,19H,4-5,13-18,20H2,1H3. The summed E-state index contributed by atoms with van der Waals surface area (Å²) in [5.74, 6) is 1.87. The van der Waals surface area contributed by atoms with E-state index in [2.05, 4.69) is 44.3 Å². The van der Waals surface area contributed by atoms with Gasteiger partial charge in [0.05, 0.1) is 38.3 Å². The first-order valence-corrected chi connectivity index (χ1v) is 11.0. The third-order valence-corrected chi connectivity index (χ3v) is 5.62. The maximum atomic E-state index is 5.96. The number of ether oxygens (including phenoxy) is 2. The number of hydrogen-bond donors (Lipinski definition) is 0. The van der Waals surface area contributed by atoms with Gasteiger partial charge in [0, 0.05) is 26.2 Å². The number of anilines is 1. The minimum atomic E-state index is 0.658. The van der Waals surface area contributed by atoms with Gasteiger partial charge >= 0.3 is 0 Å². The first-order chi connectivity index (χ1) is 15.3. The molecule has 1 saturated heterocycles. The van der Waals surface area contributed by atoms with Crippen LogP contribution in [-0.2, 0) is 6.54 Å². The van der Waals surface area contributed by atoms with Gasteiger partial charge in [0.25, 0.3) is 0 Å². The van der Waals surface area contributed by atoms with Crippen LogP contribution >= 0.6 is 0 Å². The zero-order chi connectivity index (χ0) is 21.3. The van der Waals surface area contributed by atoms with E-state index in [9.17, 15) is 0 Å². The van der Waals surface area contributed by atoms with Crippen LogP contribution < -0.4 is 14.4 Å². The van der Waals surface area contributed by atoms with Crippen molar-refractivity contribution in [3.05, 3.63) is 66.5 Å². The van der Waals surface area contributed by atoms with Crippen LogP contribution in [-0.4, -0.2) is 66.3 Å². The molecule has 0 radical (unpaired) electrons. The van der Waals surface area contributed by atoms with Crippen LogP contribution in [0.25, 0.3) is 0 Å². The number of aromatic nitrogens is 3. The maximum Gasteiger partial charge on any atom is 0.142 e. The average molecular weight is 422 g/mol. The fourth-order valence-electron chi connectivity index (χ4n) is 3.95. The van der Waals surface area contributed by atoms with E-state index in [4.69, 9.17) is 9.47 Å². The van der Waals surface area contributed by atoms with Gasteiger partial charge in [-0.3, -0.25) is 4.90 Å². The third kappa shape index (κ3) is 5.98. The fourth-order valence-corrected chi connectivity index (χ4v) is 3.95. The topological polar surface area (TPSA) is 55.7 Å². The highest BCUT2D eigenvalue weighted by Crippen LogP contribution is 2.28. The van der Waals surface area contributed by atoms with Crippen molar-refractivity contribution in [2.45, 2.75) is 19.4 Å². The van der Waals surface area contributed by atoms with E-state index >= 15 is 0 Å². The molecule has 2 heterocycles. The summed E-state index contributed by atoms with van der Waals surface area (Å²) in [6.07, 6.45) is 5.58. The normalized spacial score (nSPS) is 14.5. The van der Waals surface area contributed by atoms with Crippen molar-refractivity contribution in [1.29, 1.82) is 0 Å². The monoisotopic (exact) mass is 421 g/mol. The van der Waals surface area contributed by atoms with E-state index in [1.165, 1.54) is 5.69 Å². The molecule has 7 nitrogen and oxygen atoms in total. The van der Waals surface area contributed by atoms with Crippen molar-refractivity contribution in [1.82, 2.24) is 19.9 Å². The Morgan fingerprint density at radius 1 is 0.903 bits per heavy atom. The van der Waals surface area contributed by atoms with E-state index in [1.807, 2.05) is 24.3 Å². The average Bonchev–Trinajstić information content (AvgIpc) is 3.32. The minimum Gasteiger partial charge on any atom is -0.495 e. The number of unbranched alkanes of at least 4 members (excludes halogenated alkanes) is 1. The second-order valence-electron chi connectivity index (χ2n) is 7.76. The maximum absolute atomic E-state index is 5.96. The van der Waals surface area contributed by atoms with Gasteiger partial charge < -0.3 is 14.4 Å². The second-order valence-corrected chi connectivity index (χ2v) is 7.76. The van der Waals surface area contributed by atoms with Crippen LogP contribution in [0.15, 0.2) is 60.9 Å². The molecule has 1 aliphatic heterocycles. The molecule has 7 heteroatoms. The van der Waals surface area contributed by atoms with Crippen LogP contribution in [0.1, 0.15) is 18.4 Å². The molecule has 0 unspecified atom stereocenters. The van der Waals surface area contributed by atoms with Crippen molar-refractivity contribution < 1.29 is 9.47 Å². The van der Waals surface area contributed by atoms with Gasteiger partial charge in [0.15, 0.2) is 0 Å². The highest BCUT2D eigenvalue weighted by molar-refractivity contribution is 5.58. The van der Waals surface area contributed by atoms with Crippen molar-refractivity contribution in [2.75, 3.05) is 51.3 Å². The predicted molar refractivity (Wildman–Crippen MR) is 122 cm³/mol. The summed E-state index contributed by atoms with van der Waals surface area (Å²) >= 11 is 0. The Labute approximate surface area is 184 Å². The zero-order valence-electron chi connectivity index (χ0n) is 18.2. The van der Waals surface area contributed by atoms with Gasteiger partial charge in [-0.05, 0) is 49.2 Å². The van der Waals surface area contributed by atoms with Crippen LogP contribution in [0, 0.1) is 0 Å². The number of rotatable bonds is 10. The summed E-state index contributed by atoms with van der Waals surface area (Å²) in [5.41, 5.74) is 2.34. The quantitative estimate of drug-likeness (QED) is 0.468. The van der Waals surface area contributed by atoms with Crippen molar-refractivity contribution in [3.63, 3.8) is 0 Å². The molecule has 2 aromatic carbocycles. The Morgan fingerprint density at radius 3 is 2.52 bits per heavy atom. The molecule has 0 atom stereocenters. The molecular weight excluding hydrogens is 390 g/mol. The Kier molecular flexibility index (Phi) is 7.39. The van der Waals surface area contributed by atoms with Crippen molar-refractivity contribution in [2.24, 2.45) is 0 Å². The van der Waals surface area contributed by atoms with Crippen molar-refractivity contribution in [3.8, 4) is 11.5 Å². The molecule has 0 saturated carbocycles. The van der Waals surface area contributed by atoms with Gasteiger partial charge in [-0.1, -0.05) is 24.3 Å². The molecule has 0 aliphatic carbocycles. The Bertz CT molecular complexity index is 923. The number of para-hydroxylation sites is 2. The van der Waals surface area contributed by atoms with E-state index in [0.29, 0.717) is 6.54 Å². The highest BCUT2D eigenvalue weighted by Gasteiger charge is 2.19. The number of hydrogen-bond acceptors (Lipinski definition) is 6. The first kappa shape index (κ1) is 21.2. The van der Waals surface area contributed by atoms with Gasteiger partial charge in [0.1, 0.15) is 11.5 Å². The minimum absolute atomic E-state index is 0.658. The van der Waals surface area contributed by atoms with Crippen molar-refractivity contribution >= 4 is 5.69 Å². The lowest BCUT2D eigenvalue weighted by Crippen LogP contribution is -2.46. The lowest BCUT2D eigenvalue weighted by molar-refractivity contribution is 0.238. The van der Waals surface area contributed by atoms with E-state index < -0.39 is 0 Å². The SMILES string of the molecule is COc1ccccc1N1CCN(CCCCOc2cccc(Cn3nccn3)c2)CC1. The molecule has 31 heavy (non-hydrogen) atoms. The summed E-state index contributed by atoms with van der Waals surface area (Å²) in [7, 11) is 1.74. The van der Waals surface area contributed by atoms with Crippen LogP contribution in [0.4, 0.5) is 5.69 Å². The molecule has 0 amide bonds. The molecule has 1 fully saturated rings. The highest BCUT2D eigenvalue weighted by atomic mass is 16.5. The van der Waals surface area contributed by atoms with Crippen LogP contribution in [0.5, 0.6) is 11.5 Å². The van der Waals surface area contributed by atoms with Gasteiger partial charge in [-0.15, -0.1) is 0 Å². The van der Waals surface area contributed by atoms with Crippen LogP contribution in [0.3, 0.4) is 0 Å². The largest absolute Gasteiger partial charge is 0.495 e. The lowest BCUT2D eigenvalue weighted by atomic mass is 10.2. The molecular formula is C24H31N5O2. The third-order valence-electron chi connectivity index (χ3n) is 5.62. The summed E-state index contributed by atoms with van der Waals surface area (Å²) in [6.45, 7) is 6.76. The molecule has 0 bridgehead atoms. The first-order valence-electron chi connectivity index (χ1n) is 11.0. The Morgan fingerprint density at radius 2 is 1.71 bits per heavy atom. The molecule has 164 valence electrons. The number of nitrogens with zero attached hydrogens (tertiary/aromatic N) is 5. The summed E-state index contributed by atoms with van der Waals surface area (Å²) in [6, 6.07) is 16.5. The molecule has 4 rings (SSSR count). The second kappa shape index (κ2) is 10.8. The number of methoxy groups -OCH3 is 1. The van der Waals surface area contributed by atoms with Gasteiger partial charge in [0.2, 0.25) is 0 Å². The molecule has 0 N–H and O–H groups in total. The molecule has 0 spiro atoms. The van der Waals surface area contributed by atoms with E-state index in [-0.39, 0.29) is 0 Å². The number of piperazine rings is 1. The summed E-state index contributed by atoms with van der Waals surface area (Å²) in [4.78, 5) is 6.64. The van der Waals surface area contributed by atoms with E-state index in [0.717, 1.165) is 69.2 Å². The van der Waals surface area contributed by atoms with Crippen LogP contribution in [0.2, 0.25) is 0 Å². The summed E-state index contributed by atoms with van der Waals surface area (Å²) < 4.78 is 11.5. The Balaban J connectivity index is 1.14. The molecule has 1 aromatic heterocycles. The molecule has 1 aliphatic rings. The van der Waals surface area contributed by atoms with Gasteiger partial charge in [-0.25, -0.2) is 0 Å². The van der Waals surface area contributed by atoms with Gasteiger partial charge in [-0.2, -0.15) is 15.0 Å². The fraction of sp³-hybridized carbons (Fsp3) is 0.417. The lowest BCUT2D eigenvalue weighted by Gasteiger charge is -2.36.